The normalized spacial score (nSPS) is 8.50. The van der Waals surface area contributed by atoms with Crippen molar-refractivity contribution < 1.29 is 4.39 Å². The molecule has 0 saturated heterocycles. The molecule has 1 rings (SSSR count). The zero-order chi connectivity index (χ0) is 6.85. The van der Waals surface area contributed by atoms with E-state index in [-0.39, 0.29) is 29.6 Å². The van der Waals surface area contributed by atoms with Gasteiger partial charge in [-0.3, -0.25) is 9.78 Å². The first kappa shape index (κ1) is 9.61. The van der Waals surface area contributed by atoms with Crippen LogP contribution in [0.4, 0.5) is 4.39 Å². The van der Waals surface area contributed by atoms with Crippen molar-refractivity contribution in [1.29, 1.82) is 0 Å². The molecule has 1 aromatic rings. The number of hydrogen-bond donors (Lipinski definition) is 2. The molecular formula is C4H3FN2NaO2. The Hall–Kier alpha value is -0.390. The third kappa shape index (κ3) is 2.09. The Morgan fingerprint density at radius 3 is 2.40 bits per heavy atom. The van der Waals surface area contributed by atoms with E-state index in [1.807, 2.05) is 4.98 Å². The molecule has 0 unspecified atom stereocenters. The maximum Gasteiger partial charge on any atom is 0.325 e. The molecule has 0 spiro atoms. The minimum Gasteiger partial charge on any atom is -0.311 e. The van der Waals surface area contributed by atoms with Crippen molar-refractivity contribution >= 4 is 29.6 Å². The number of aromatic amines is 2. The summed E-state index contributed by atoms with van der Waals surface area (Å²) >= 11 is 0. The fraction of sp³-hybridized carbons (Fsp3) is 0. The van der Waals surface area contributed by atoms with Crippen LogP contribution in [0.25, 0.3) is 0 Å². The molecule has 10 heavy (non-hydrogen) atoms. The van der Waals surface area contributed by atoms with E-state index in [2.05, 4.69) is 0 Å². The van der Waals surface area contributed by atoms with Gasteiger partial charge in [-0.25, -0.2) is 4.79 Å². The van der Waals surface area contributed by atoms with Crippen LogP contribution in [0.5, 0.6) is 0 Å². The van der Waals surface area contributed by atoms with Gasteiger partial charge in [0.2, 0.25) is 5.82 Å². The van der Waals surface area contributed by atoms with E-state index in [1.54, 1.807) is 4.98 Å². The van der Waals surface area contributed by atoms with Gasteiger partial charge in [0.05, 0.1) is 0 Å². The number of rotatable bonds is 0. The van der Waals surface area contributed by atoms with Crippen LogP contribution in [0.3, 0.4) is 0 Å². The van der Waals surface area contributed by atoms with Gasteiger partial charge < -0.3 is 4.98 Å². The Bertz CT molecular complexity index is 318. The third-order valence-electron chi connectivity index (χ3n) is 0.774. The summed E-state index contributed by atoms with van der Waals surface area (Å²) in [5.41, 5.74) is -1.71. The van der Waals surface area contributed by atoms with Crippen molar-refractivity contribution in [3.63, 3.8) is 0 Å². The topological polar surface area (TPSA) is 65.7 Å². The molecule has 6 heteroatoms. The smallest absolute Gasteiger partial charge is 0.311 e. The summed E-state index contributed by atoms with van der Waals surface area (Å²) < 4.78 is 12.0. The molecule has 1 heterocycles. The standard InChI is InChI=1S/C4H3FN2O2.Na/c5-2-1-6-4(9)7-3(2)8;/h1H,(H2,6,7,8,9);. The van der Waals surface area contributed by atoms with Crippen molar-refractivity contribution in [2.45, 2.75) is 0 Å². The SMILES string of the molecule is O=c1[nH]cc(F)c(=O)[nH]1.[Na]. The number of nitrogens with one attached hydrogen (secondary N) is 2. The maximum atomic E-state index is 12.0. The summed E-state index contributed by atoms with van der Waals surface area (Å²) in [6, 6.07) is 0. The molecule has 0 fully saturated rings. The van der Waals surface area contributed by atoms with Gasteiger partial charge in [0.15, 0.2) is 0 Å². The van der Waals surface area contributed by atoms with Gasteiger partial charge in [-0.15, -0.1) is 0 Å². The molecule has 0 bridgehead atoms. The van der Waals surface area contributed by atoms with Crippen molar-refractivity contribution in [3.8, 4) is 0 Å². The number of hydrogen-bond acceptors (Lipinski definition) is 2. The molecule has 0 aliphatic rings. The van der Waals surface area contributed by atoms with Gasteiger partial charge in [0, 0.05) is 35.8 Å². The first-order valence-corrected chi connectivity index (χ1v) is 2.17. The largest absolute Gasteiger partial charge is 0.325 e. The Morgan fingerprint density at radius 1 is 1.40 bits per heavy atom. The Morgan fingerprint density at radius 2 is 2.00 bits per heavy atom. The minimum atomic E-state index is -1.00. The number of halogens is 1. The molecular weight excluding hydrogens is 150 g/mol. The minimum absolute atomic E-state index is 0. The quantitative estimate of drug-likeness (QED) is 0.461. The van der Waals surface area contributed by atoms with E-state index < -0.39 is 17.1 Å². The van der Waals surface area contributed by atoms with Crippen molar-refractivity contribution in [1.82, 2.24) is 9.97 Å². The van der Waals surface area contributed by atoms with Gasteiger partial charge >= 0.3 is 5.69 Å². The van der Waals surface area contributed by atoms with E-state index in [4.69, 9.17) is 0 Å². The van der Waals surface area contributed by atoms with Gasteiger partial charge in [-0.1, -0.05) is 0 Å². The fourth-order valence-electron chi connectivity index (χ4n) is 0.393. The average molecular weight is 153 g/mol. The third-order valence-corrected chi connectivity index (χ3v) is 0.774. The zero-order valence-corrected chi connectivity index (χ0v) is 7.27. The number of H-pyrrole nitrogens is 2. The number of aromatic nitrogens is 2. The van der Waals surface area contributed by atoms with Crippen molar-refractivity contribution in [2.24, 2.45) is 0 Å². The first-order valence-electron chi connectivity index (χ1n) is 2.17. The van der Waals surface area contributed by atoms with Crippen LogP contribution >= 0.6 is 0 Å². The van der Waals surface area contributed by atoms with Gasteiger partial charge in [-0.2, -0.15) is 4.39 Å². The second-order valence-corrected chi connectivity index (χ2v) is 1.42. The predicted octanol–water partition coefficient (Wildman–Crippen LogP) is -1.18. The van der Waals surface area contributed by atoms with Crippen LogP contribution in [-0.4, -0.2) is 39.5 Å². The van der Waals surface area contributed by atoms with Crippen LogP contribution in [0.2, 0.25) is 0 Å². The second kappa shape index (κ2) is 3.70. The summed E-state index contributed by atoms with van der Waals surface area (Å²) in [7, 11) is 0. The molecule has 0 aliphatic carbocycles. The summed E-state index contributed by atoms with van der Waals surface area (Å²) in [5.74, 6) is -0.991. The fourth-order valence-corrected chi connectivity index (χ4v) is 0.393. The Balaban J connectivity index is 0.000000810. The molecule has 0 aromatic carbocycles. The van der Waals surface area contributed by atoms with E-state index in [1.165, 1.54) is 0 Å². The molecule has 0 saturated carbocycles. The van der Waals surface area contributed by atoms with Gasteiger partial charge in [0.1, 0.15) is 0 Å². The molecule has 2 N–H and O–H groups in total. The molecule has 1 radical (unpaired) electrons. The molecule has 4 nitrogen and oxygen atoms in total. The molecule has 1 aromatic heterocycles. The van der Waals surface area contributed by atoms with E-state index in [0.29, 0.717) is 6.20 Å². The van der Waals surface area contributed by atoms with Crippen LogP contribution in [0.15, 0.2) is 15.8 Å². The van der Waals surface area contributed by atoms with Crippen molar-refractivity contribution in [3.05, 3.63) is 32.9 Å². The Labute approximate surface area is 76.8 Å². The zero-order valence-electron chi connectivity index (χ0n) is 5.27. The summed E-state index contributed by atoms with van der Waals surface area (Å²) in [4.78, 5) is 24.0. The maximum absolute atomic E-state index is 12.0. The molecule has 0 amide bonds. The van der Waals surface area contributed by atoms with Crippen LogP contribution in [0, 0.1) is 5.82 Å². The van der Waals surface area contributed by atoms with Gasteiger partial charge in [-0.05, 0) is 0 Å². The molecule has 0 aliphatic heterocycles. The van der Waals surface area contributed by atoms with Crippen LogP contribution in [0.1, 0.15) is 0 Å². The van der Waals surface area contributed by atoms with Gasteiger partial charge in [0.25, 0.3) is 5.56 Å². The molecule has 0 atom stereocenters. The van der Waals surface area contributed by atoms with Crippen LogP contribution < -0.4 is 11.2 Å². The second-order valence-electron chi connectivity index (χ2n) is 1.42. The van der Waals surface area contributed by atoms with Crippen molar-refractivity contribution in [2.75, 3.05) is 0 Å². The van der Waals surface area contributed by atoms with E-state index >= 15 is 0 Å². The Kier molecular flexibility index (Phi) is 3.55. The van der Waals surface area contributed by atoms with Crippen LogP contribution in [-0.2, 0) is 0 Å². The summed E-state index contributed by atoms with van der Waals surface area (Å²) in [5, 5.41) is 0. The van der Waals surface area contributed by atoms with E-state index in [9.17, 15) is 14.0 Å². The summed E-state index contributed by atoms with van der Waals surface area (Å²) in [6.45, 7) is 0. The molecule has 49 valence electrons. The van der Waals surface area contributed by atoms with E-state index in [0.717, 1.165) is 0 Å². The monoisotopic (exact) mass is 153 g/mol. The average Bonchev–Trinajstić information content (AvgIpc) is 1.80. The summed E-state index contributed by atoms with van der Waals surface area (Å²) in [6.07, 6.45) is 0.709. The first-order chi connectivity index (χ1) is 4.20. The predicted molar refractivity (Wildman–Crippen MR) is 33.4 cm³/mol.